The van der Waals surface area contributed by atoms with Crippen LogP contribution in [0, 0.1) is 6.92 Å². The zero-order chi connectivity index (χ0) is 11.7. The molecule has 6 heteroatoms. The highest BCUT2D eigenvalue weighted by Crippen LogP contribution is 2.28. The number of hydrogen-bond acceptors (Lipinski definition) is 4. The maximum Gasteiger partial charge on any atom is 0.140 e. The molecule has 0 saturated heterocycles. The first kappa shape index (κ1) is 11.6. The Kier molecular flexibility index (Phi) is 3.28. The van der Waals surface area contributed by atoms with Crippen molar-refractivity contribution in [1.82, 2.24) is 14.8 Å². The largest absolute Gasteiger partial charge is 0.380 e. The number of rotatable bonds is 3. The number of aryl methyl sites for hydroxylation is 2. The van der Waals surface area contributed by atoms with Crippen molar-refractivity contribution < 1.29 is 5.11 Å². The summed E-state index contributed by atoms with van der Waals surface area (Å²) in [5.74, 6) is 0. The third kappa shape index (κ3) is 1.98. The van der Waals surface area contributed by atoms with Crippen molar-refractivity contribution in [3.8, 4) is 0 Å². The molecule has 0 aliphatic heterocycles. The molecule has 0 bridgehead atoms. The van der Waals surface area contributed by atoms with E-state index in [0.717, 1.165) is 5.01 Å². The molecule has 0 aliphatic carbocycles. The highest BCUT2D eigenvalue weighted by atomic mass is 35.5. The van der Waals surface area contributed by atoms with Gasteiger partial charge >= 0.3 is 0 Å². The molecule has 1 atom stereocenters. The summed E-state index contributed by atoms with van der Waals surface area (Å²) >= 11 is 7.51. The minimum Gasteiger partial charge on any atom is -0.380 e. The van der Waals surface area contributed by atoms with Gasteiger partial charge in [0.15, 0.2) is 0 Å². The van der Waals surface area contributed by atoms with E-state index in [1.165, 1.54) is 11.3 Å². The van der Waals surface area contributed by atoms with Crippen molar-refractivity contribution >= 4 is 22.9 Å². The maximum atomic E-state index is 10.2. The van der Waals surface area contributed by atoms with Gasteiger partial charge in [0, 0.05) is 11.9 Å². The van der Waals surface area contributed by atoms with Gasteiger partial charge in [-0.1, -0.05) is 11.6 Å². The lowest BCUT2D eigenvalue weighted by atomic mass is 10.2. The fourth-order valence-corrected chi connectivity index (χ4v) is 2.42. The van der Waals surface area contributed by atoms with E-state index in [1.54, 1.807) is 10.9 Å². The number of aromatic nitrogens is 3. The van der Waals surface area contributed by atoms with Gasteiger partial charge in [0.25, 0.3) is 0 Å². The van der Waals surface area contributed by atoms with Crippen LogP contribution in [0.4, 0.5) is 0 Å². The maximum absolute atomic E-state index is 10.2. The van der Waals surface area contributed by atoms with Crippen molar-refractivity contribution in [1.29, 1.82) is 0 Å². The third-order valence-electron chi connectivity index (χ3n) is 2.31. The Bertz CT molecular complexity index is 494. The van der Waals surface area contributed by atoms with Crippen LogP contribution in [0.25, 0.3) is 0 Å². The van der Waals surface area contributed by atoms with Crippen molar-refractivity contribution in [2.45, 2.75) is 26.5 Å². The molecule has 2 aromatic rings. The SMILES string of the molecule is CCn1ncc(Cl)c1C(O)c1csc(C)n1. The average molecular weight is 258 g/mol. The molecular formula is C10H12ClN3OS. The van der Waals surface area contributed by atoms with E-state index in [9.17, 15) is 5.11 Å². The van der Waals surface area contributed by atoms with Crippen molar-refractivity contribution in [3.05, 3.63) is 33.0 Å². The number of halogens is 1. The van der Waals surface area contributed by atoms with E-state index in [4.69, 9.17) is 11.6 Å². The lowest BCUT2D eigenvalue weighted by Crippen LogP contribution is -2.09. The first-order chi connectivity index (χ1) is 7.63. The minimum absolute atomic E-state index is 0.472. The van der Waals surface area contributed by atoms with Gasteiger partial charge in [-0.15, -0.1) is 11.3 Å². The van der Waals surface area contributed by atoms with E-state index < -0.39 is 6.10 Å². The minimum atomic E-state index is -0.806. The molecule has 4 nitrogen and oxygen atoms in total. The first-order valence-corrected chi connectivity index (χ1v) is 6.20. The Hall–Kier alpha value is -0.910. The summed E-state index contributed by atoms with van der Waals surface area (Å²) in [6, 6.07) is 0. The Balaban J connectivity index is 2.40. The lowest BCUT2D eigenvalue weighted by molar-refractivity contribution is 0.204. The summed E-state index contributed by atoms with van der Waals surface area (Å²) < 4.78 is 1.68. The molecule has 1 N–H and O–H groups in total. The van der Waals surface area contributed by atoms with Gasteiger partial charge in [-0.05, 0) is 13.8 Å². The molecule has 2 rings (SSSR count). The molecule has 1 unspecified atom stereocenters. The topological polar surface area (TPSA) is 50.9 Å². The van der Waals surface area contributed by atoms with E-state index in [1.807, 2.05) is 19.2 Å². The summed E-state index contributed by atoms with van der Waals surface area (Å²) in [6.45, 7) is 4.52. The second-order valence-electron chi connectivity index (χ2n) is 3.39. The first-order valence-electron chi connectivity index (χ1n) is 4.94. The van der Waals surface area contributed by atoms with Crippen LogP contribution in [0.15, 0.2) is 11.6 Å². The molecule has 2 aromatic heterocycles. The number of aliphatic hydroxyl groups is 1. The van der Waals surface area contributed by atoms with Crippen molar-refractivity contribution in [3.63, 3.8) is 0 Å². The molecule has 0 saturated carbocycles. The van der Waals surface area contributed by atoms with E-state index in [2.05, 4.69) is 10.1 Å². The number of aliphatic hydroxyl groups excluding tert-OH is 1. The van der Waals surface area contributed by atoms with Crippen LogP contribution in [-0.2, 0) is 6.54 Å². The highest BCUT2D eigenvalue weighted by molar-refractivity contribution is 7.09. The normalized spacial score (nSPS) is 13.0. The van der Waals surface area contributed by atoms with Crippen molar-refractivity contribution in [2.24, 2.45) is 0 Å². The summed E-state index contributed by atoms with van der Waals surface area (Å²) in [7, 11) is 0. The zero-order valence-corrected chi connectivity index (χ0v) is 10.6. The summed E-state index contributed by atoms with van der Waals surface area (Å²) in [6.07, 6.45) is 0.739. The smallest absolute Gasteiger partial charge is 0.140 e. The van der Waals surface area contributed by atoms with Gasteiger partial charge in [0.1, 0.15) is 6.10 Å². The molecule has 16 heavy (non-hydrogen) atoms. The van der Waals surface area contributed by atoms with E-state index >= 15 is 0 Å². The number of hydrogen-bond donors (Lipinski definition) is 1. The van der Waals surface area contributed by atoms with Gasteiger partial charge in [-0.2, -0.15) is 5.10 Å². The lowest BCUT2D eigenvalue weighted by Gasteiger charge is -2.10. The molecule has 0 radical (unpaired) electrons. The molecule has 0 aromatic carbocycles. The fourth-order valence-electron chi connectivity index (χ4n) is 1.54. The molecule has 0 aliphatic rings. The van der Waals surface area contributed by atoms with Gasteiger partial charge in [0.05, 0.1) is 27.6 Å². The Labute approximate surface area is 103 Å². The Morgan fingerprint density at radius 2 is 2.38 bits per heavy atom. The number of thiazole rings is 1. The summed E-state index contributed by atoms with van der Waals surface area (Å²) in [4.78, 5) is 4.25. The van der Waals surface area contributed by atoms with Crippen LogP contribution in [-0.4, -0.2) is 19.9 Å². The van der Waals surface area contributed by atoms with Crippen LogP contribution < -0.4 is 0 Å². The number of nitrogens with zero attached hydrogens (tertiary/aromatic N) is 3. The van der Waals surface area contributed by atoms with Crippen LogP contribution in [0.5, 0.6) is 0 Å². The predicted molar refractivity (Wildman–Crippen MR) is 63.8 cm³/mol. The third-order valence-corrected chi connectivity index (χ3v) is 3.39. The van der Waals surface area contributed by atoms with Gasteiger partial charge < -0.3 is 5.11 Å². The monoisotopic (exact) mass is 257 g/mol. The second-order valence-corrected chi connectivity index (χ2v) is 4.86. The van der Waals surface area contributed by atoms with E-state index in [-0.39, 0.29) is 0 Å². The Morgan fingerprint density at radius 1 is 1.62 bits per heavy atom. The fraction of sp³-hybridized carbons (Fsp3) is 0.400. The molecular weight excluding hydrogens is 246 g/mol. The van der Waals surface area contributed by atoms with Crippen LogP contribution in [0.3, 0.4) is 0 Å². The second kappa shape index (κ2) is 4.53. The predicted octanol–water partition coefficient (Wildman–Crippen LogP) is 2.40. The van der Waals surface area contributed by atoms with Gasteiger partial charge in [0.2, 0.25) is 0 Å². The quantitative estimate of drug-likeness (QED) is 0.919. The standard InChI is InChI=1S/C10H12ClN3OS/c1-3-14-9(7(11)4-12-14)10(15)8-5-16-6(2)13-8/h4-5,10,15H,3H2,1-2H3. The zero-order valence-electron chi connectivity index (χ0n) is 9.01. The van der Waals surface area contributed by atoms with Crippen LogP contribution in [0.1, 0.15) is 29.4 Å². The van der Waals surface area contributed by atoms with Gasteiger partial charge in [-0.25, -0.2) is 4.98 Å². The molecule has 2 heterocycles. The average Bonchev–Trinajstić information content (AvgIpc) is 2.83. The van der Waals surface area contributed by atoms with Crippen molar-refractivity contribution in [2.75, 3.05) is 0 Å². The molecule has 0 amide bonds. The summed E-state index contributed by atoms with van der Waals surface area (Å²) in [5, 5.41) is 17.5. The highest BCUT2D eigenvalue weighted by Gasteiger charge is 2.21. The van der Waals surface area contributed by atoms with Gasteiger partial charge in [-0.3, -0.25) is 4.68 Å². The summed E-state index contributed by atoms with van der Waals surface area (Å²) in [5.41, 5.74) is 1.23. The van der Waals surface area contributed by atoms with Crippen LogP contribution in [0.2, 0.25) is 5.02 Å². The molecule has 0 fully saturated rings. The van der Waals surface area contributed by atoms with Crippen LogP contribution >= 0.6 is 22.9 Å². The molecule has 0 spiro atoms. The Morgan fingerprint density at radius 3 is 2.94 bits per heavy atom. The molecule has 86 valence electrons. The van der Waals surface area contributed by atoms with E-state index in [0.29, 0.717) is 23.0 Å².